The third-order valence-electron chi connectivity index (χ3n) is 5.91. The minimum absolute atomic E-state index is 0.0142. The van der Waals surface area contributed by atoms with Crippen LogP contribution in [-0.2, 0) is 19.2 Å². The third-order valence-corrected chi connectivity index (χ3v) is 5.91. The smallest absolute Gasteiger partial charge is 0.405 e. The third kappa shape index (κ3) is 6.17. The summed E-state index contributed by atoms with van der Waals surface area (Å²) in [6, 6.07) is -1.85. The first kappa shape index (κ1) is 23.6. The molecular formula is C20H32N4O6. The molecule has 0 aromatic rings. The Morgan fingerprint density at radius 3 is 2.40 bits per heavy atom. The maximum absolute atomic E-state index is 12.5. The summed E-state index contributed by atoms with van der Waals surface area (Å²) in [6.45, 7) is 6.40. The van der Waals surface area contributed by atoms with Crippen molar-refractivity contribution >= 4 is 30.1 Å². The predicted octanol–water partition coefficient (Wildman–Crippen LogP) is 0.260. The van der Waals surface area contributed by atoms with Crippen molar-refractivity contribution in [2.24, 2.45) is 11.8 Å². The fraction of sp³-hybridized carbons (Fsp3) is 0.750. The molecule has 2 aliphatic heterocycles. The molecular weight excluding hydrogens is 392 g/mol. The number of piperidine rings is 1. The lowest BCUT2D eigenvalue weighted by atomic mass is 9.82. The van der Waals surface area contributed by atoms with Gasteiger partial charge in [-0.15, -0.1) is 0 Å². The van der Waals surface area contributed by atoms with E-state index in [1.165, 1.54) is 6.92 Å². The Balaban J connectivity index is 1.95. The molecule has 0 bridgehead atoms. The van der Waals surface area contributed by atoms with E-state index in [-0.39, 0.29) is 29.7 Å². The number of likely N-dealkylation sites (tertiary alicyclic amines) is 1. The van der Waals surface area contributed by atoms with Crippen molar-refractivity contribution in [2.45, 2.75) is 70.5 Å². The van der Waals surface area contributed by atoms with E-state index in [2.05, 4.69) is 16.0 Å². The Morgan fingerprint density at radius 2 is 1.90 bits per heavy atom. The van der Waals surface area contributed by atoms with Crippen LogP contribution in [0.2, 0.25) is 0 Å². The predicted molar refractivity (Wildman–Crippen MR) is 107 cm³/mol. The summed E-state index contributed by atoms with van der Waals surface area (Å²) >= 11 is 0. The van der Waals surface area contributed by atoms with Crippen LogP contribution in [-0.4, -0.2) is 70.8 Å². The number of rotatable bonds is 8. The van der Waals surface area contributed by atoms with Crippen molar-refractivity contribution < 1.29 is 29.1 Å². The number of carbonyl (C=O) groups is 5. The molecule has 0 saturated carbocycles. The van der Waals surface area contributed by atoms with Gasteiger partial charge in [0.25, 0.3) is 0 Å². The van der Waals surface area contributed by atoms with Gasteiger partial charge in [-0.05, 0) is 38.0 Å². The molecule has 2 heterocycles. The van der Waals surface area contributed by atoms with Crippen molar-refractivity contribution in [1.29, 1.82) is 0 Å². The second-order valence-corrected chi connectivity index (χ2v) is 8.80. The first-order valence-corrected chi connectivity index (χ1v) is 10.4. The van der Waals surface area contributed by atoms with E-state index in [0.29, 0.717) is 45.1 Å². The summed E-state index contributed by atoms with van der Waals surface area (Å²) in [7, 11) is 0. The largest absolute Gasteiger partial charge is 0.465 e. The Kier molecular flexibility index (Phi) is 7.80. The maximum atomic E-state index is 12.5. The van der Waals surface area contributed by atoms with Crippen molar-refractivity contribution in [3.8, 4) is 0 Å². The Bertz CT molecular complexity index is 687. The molecule has 3 unspecified atom stereocenters. The number of nitrogens with zero attached hydrogens (tertiary/aromatic N) is 1. The average molecular weight is 424 g/mol. The molecule has 30 heavy (non-hydrogen) atoms. The zero-order chi connectivity index (χ0) is 22.5. The minimum Gasteiger partial charge on any atom is -0.465 e. The SMILES string of the molecule is CC(=O)N1CCC2(CC1)CC(CC(C=O)NC(=O)C(CC(C)C)NC(=O)O)C(=O)N2. The molecule has 2 rings (SSSR count). The summed E-state index contributed by atoms with van der Waals surface area (Å²) in [5.74, 6) is -1.08. The molecule has 4 amide bonds. The normalized spacial score (nSPS) is 22.3. The molecule has 10 heteroatoms. The zero-order valence-corrected chi connectivity index (χ0v) is 17.8. The van der Waals surface area contributed by atoms with Crippen molar-refractivity contribution in [2.75, 3.05) is 13.1 Å². The van der Waals surface area contributed by atoms with E-state index >= 15 is 0 Å². The van der Waals surface area contributed by atoms with E-state index in [4.69, 9.17) is 5.11 Å². The van der Waals surface area contributed by atoms with Gasteiger partial charge < -0.3 is 30.8 Å². The molecule has 1 spiro atoms. The van der Waals surface area contributed by atoms with Gasteiger partial charge in [-0.1, -0.05) is 13.8 Å². The van der Waals surface area contributed by atoms with Gasteiger partial charge in [0.15, 0.2) is 0 Å². The molecule has 0 radical (unpaired) electrons. The second-order valence-electron chi connectivity index (χ2n) is 8.80. The van der Waals surface area contributed by atoms with Crippen molar-refractivity contribution in [3.63, 3.8) is 0 Å². The van der Waals surface area contributed by atoms with E-state index in [1.54, 1.807) is 4.90 Å². The number of aldehydes is 1. The van der Waals surface area contributed by atoms with Crippen LogP contribution in [0, 0.1) is 11.8 Å². The molecule has 4 N–H and O–H groups in total. The molecule has 2 fully saturated rings. The van der Waals surface area contributed by atoms with Crippen LogP contribution in [0.3, 0.4) is 0 Å². The van der Waals surface area contributed by atoms with E-state index in [9.17, 15) is 24.0 Å². The maximum Gasteiger partial charge on any atom is 0.405 e. The molecule has 2 aliphatic rings. The monoisotopic (exact) mass is 424 g/mol. The lowest BCUT2D eigenvalue weighted by Gasteiger charge is -2.39. The fourth-order valence-electron chi connectivity index (χ4n) is 4.34. The molecule has 0 aromatic heterocycles. The Hall–Kier alpha value is -2.65. The lowest BCUT2D eigenvalue weighted by Crippen LogP contribution is -2.51. The van der Waals surface area contributed by atoms with Gasteiger partial charge in [0.1, 0.15) is 12.3 Å². The standard InChI is InChI=1S/C20H32N4O6/c1-12(2)8-16(22-19(29)30)18(28)21-15(11-25)9-14-10-20(23-17(14)27)4-6-24(7-5-20)13(3)26/h11-12,14-16,22H,4-10H2,1-3H3,(H,21,28)(H,23,27)(H,29,30). The Labute approximate surface area is 176 Å². The van der Waals surface area contributed by atoms with Crippen LogP contribution in [0.15, 0.2) is 0 Å². The number of amides is 4. The fourth-order valence-corrected chi connectivity index (χ4v) is 4.34. The van der Waals surface area contributed by atoms with Crippen LogP contribution in [0.5, 0.6) is 0 Å². The van der Waals surface area contributed by atoms with Gasteiger partial charge in [-0.3, -0.25) is 14.4 Å². The number of nitrogens with one attached hydrogen (secondary N) is 3. The van der Waals surface area contributed by atoms with Gasteiger partial charge >= 0.3 is 6.09 Å². The average Bonchev–Trinajstić information content (AvgIpc) is 2.94. The van der Waals surface area contributed by atoms with Crippen LogP contribution >= 0.6 is 0 Å². The molecule has 168 valence electrons. The molecule has 0 aromatic carbocycles. The van der Waals surface area contributed by atoms with Crippen molar-refractivity contribution in [1.82, 2.24) is 20.9 Å². The number of carbonyl (C=O) groups excluding carboxylic acids is 4. The number of carboxylic acid groups (broad SMARTS) is 1. The highest BCUT2D eigenvalue weighted by Gasteiger charge is 2.46. The summed E-state index contributed by atoms with van der Waals surface area (Å²) in [5.41, 5.74) is -0.379. The van der Waals surface area contributed by atoms with Crippen LogP contribution < -0.4 is 16.0 Å². The molecule has 0 aliphatic carbocycles. The van der Waals surface area contributed by atoms with Crippen molar-refractivity contribution in [3.05, 3.63) is 0 Å². The highest BCUT2D eigenvalue weighted by atomic mass is 16.4. The second kappa shape index (κ2) is 9.90. The lowest BCUT2D eigenvalue weighted by molar-refractivity contribution is -0.130. The highest BCUT2D eigenvalue weighted by Crippen LogP contribution is 2.36. The quantitative estimate of drug-likeness (QED) is 0.411. The zero-order valence-electron chi connectivity index (χ0n) is 17.8. The van der Waals surface area contributed by atoms with Gasteiger partial charge in [0.05, 0.1) is 6.04 Å². The van der Waals surface area contributed by atoms with Crippen LogP contribution in [0.4, 0.5) is 4.79 Å². The summed E-state index contributed by atoms with van der Waals surface area (Å²) in [5, 5.41) is 16.8. The van der Waals surface area contributed by atoms with Gasteiger partial charge in [0, 0.05) is 31.5 Å². The first-order chi connectivity index (χ1) is 14.0. The number of hydrogen-bond acceptors (Lipinski definition) is 5. The van der Waals surface area contributed by atoms with E-state index in [0.717, 1.165) is 0 Å². The topological polar surface area (TPSA) is 145 Å². The van der Waals surface area contributed by atoms with E-state index < -0.39 is 30.0 Å². The summed E-state index contributed by atoms with van der Waals surface area (Å²) < 4.78 is 0. The summed E-state index contributed by atoms with van der Waals surface area (Å²) in [4.78, 5) is 60.8. The van der Waals surface area contributed by atoms with Gasteiger partial charge in [-0.2, -0.15) is 0 Å². The minimum atomic E-state index is -1.31. The summed E-state index contributed by atoms with van der Waals surface area (Å²) in [6.07, 6.45) is 1.58. The van der Waals surface area contributed by atoms with Gasteiger partial charge in [0.2, 0.25) is 17.7 Å². The van der Waals surface area contributed by atoms with Gasteiger partial charge in [-0.25, -0.2) is 4.79 Å². The van der Waals surface area contributed by atoms with E-state index in [1.807, 2.05) is 13.8 Å². The first-order valence-electron chi connectivity index (χ1n) is 10.4. The van der Waals surface area contributed by atoms with Crippen LogP contribution in [0.25, 0.3) is 0 Å². The van der Waals surface area contributed by atoms with Crippen LogP contribution in [0.1, 0.15) is 52.9 Å². The molecule has 2 saturated heterocycles. The molecule has 3 atom stereocenters. The Morgan fingerprint density at radius 1 is 1.27 bits per heavy atom. The molecule has 10 nitrogen and oxygen atoms in total. The number of hydrogen-bond donors (Lipinski definition) is 4. The highest BCUT2D eigenvalue weighted by molar-refractivity contribution is 5.88.